The molecule has 0 amide bonds. The molecule has 0 bridgehead atoms. The van der Waals surface area contributed by atoms with E-state index in [0.29, 0.717) is 23.7 Å². The number of methoxy groups -OCH3 is 1. The van der Waals surface area contributed by atoms with Gasteiger partial charge in [0.25, 0.3) is 0 Å². The highest BCUT2D eigenvalue weighted by Gasteiger charge is 2.08. The molecular weight excluding hydrogens is 360 g/mol. The van der Waals surface area contributed by atoms with Crippen molar-refractivity contribution in [1.29, 1.82) is 0 Å². The molecule has 0 fully saturated rings. The summed E-state index contributed by atoms with van der Waals surface area (Å²) in [4.78, 5) is 23.5. The molecule has 0 aliphatic carbocycles. The van der Waals surface area contributed by atoms with Gasteiger partial charge in [-0.25, -0.2) is 4.79 Å². The van der Waals surface area contributed by atoms with Crippen LogP contribution in [0, 0.1) is 0 Å². The number of benzene rings is 1. The van der Waals surface area contributed by atoms with Gasteiger partial charge >= 0.3 is 12.0 Å². The van der Waals surface area contributed by atoms with Gasteiger partial charge in [-0.05, 0) is 43.7 Å². The maximum absolute atomic E-state index is 11.5. The first-order valence-electron chi connectivity index (χ1n) is 9.46. The second-order valence-corrected chi connectivity index (χ2v) is 6.31. The monoisotopic (exact) mass is 388 g/mol. The molecule has 9 nitrogen and oxygen atoms in total. The first kappa shape index (κ1) is 21.4. The predicted molar refractivity (Wildman–Crippen MR) is 108 cm³/mol. The largest absolute Gasteiger partial charge is 0.479 e. The summed E-state index contributed by atoms with van der Waals surface area (Å²) in [7, 11) is 1.33. The van der Waals surface area contributed by atoms with E-state index in [0.717, 1.165) is 25.8 Å². The van der Waals surface area contributed by atoms with Gasteiger partial charge in [-0.2, -0.15) is 15.0 Å². The summed E-state index contributed by atoms with van der Waals surface area (Å²) in [6.07, 6.45) is 6.76. The molecule has 2 aromatic rings. The smallest absolute Gasteiger partial charge is 0.337 e. The first-order valence-corrected chi connectivity index (χ1v) is 9.46. The summed E-state index contributed by atoms with van der Waals surface area (Å²) < 4.78 is 4.67. The number of nitrogens with one attached hydrogen (secondary N) is 2. The Balaban J connectivity index is 1.83. The second kappa shape index (κ2) is 11.7. The Morgan fingerprint density at radius 3 is 2.32 bits per heavy atom. The van der Waals surface area contributed by atoms with Crippen molar-refractivity contribution in [2.45, 2.75) is 38.5 Å². The number of carbonyl (C=O) groups is 1. The van der Waals surface area contributed by atoms with Crippen molar-refractivity contribution >= 4 is 23.6 Å². The Kier molecular flexibility index (Phi) is 8.93. The lowest BCUT2D eigenvalue weighted by Crippen LogP contribution is -2.08. The van der Waals surface area contributed by atoms with Gasteiger partial charge in [-0.3, -0.25) is 0 Å². The second-order valence-electron chi connectivity index (χ2n) is 6.31. The summed E-state index contributed by atoms with van der Waals surface area (Å²) in [5.74, 6) is 0.113. The molecule has 5 N–H and O–H groups in total. The van der Waals surface area contributed by atoms with E-state index in [-0.39, 0.29) is 12.0 Å². The molecule has 152 valence electrons. The Bertz CT molecular complexity index is 739. The topological polar surface area (TPSA) is 135 Å². The third kappa shape index (κ3) is 7.36. The molecule has 28 heavy (non-hydrogen) atoms. The quantitative estimate of drug-likeness (QED) is 0.319. The molecule has 0 spiro atoms. The molecule has 1 aromatic heterocycles. The Morgan fingerprint density at radius 2 is 1.64 bits per heavy atom. The minimum atomic E-state index is -0.407. The molecule has 0 aliphatic rings. The fraction of sp³-hybridized carbons (Fsp3) is 0.474. The Labute approximate surface area is 164 Å². The third-order valence-electron chi connectivity index (χ3n) is 4.10. The molecule has 0 radical (unpaired) electrons. The van der Waals surface area contributed by atoms with E-state index < -0.39 is 5.97 Å². The molecule has 9 heteroatoms. The summed E-state index contributed by atoms with van der Waals surface area (Å²) in [6, 6.07) is 6.28. The first-order chi connectivity index (χ1) is 13.6. The highest BCUT2D eigenvalue weighted by molar-refractivity contribution is 5.89. The van der Waals surface area contributed by atoms with Crippen molar-refractivity contribution in [2.75, 3.05) is 30.8 Å². The number of rotatable bonds is 12. The predicted octanol–water partition coefficient (Wildman–Crippen LogP) is 2.82. The third-order valence-corrected chi connectivity index (χ3v) is 4.10. The standard InChI is InChI=1S/C19H28N6O3/c1-28-16(26)14-8-10-15(11-9-14)22-18-23-17(24-19(27)25-18)21-13-7-5-3-2-4-6-12-20/h8-11H,2-7,12-13,20H2,1H3,(H3,21,22,23,24,25,27). The Morgan fingerprint density at radius 1 is 1.00 bits per heavy atom. The van der Waals surface area contributed by atoms with Crippen LogP contribution in [0.2, 0.25) is 0 Å². The SMILES string of the molecule is COC(=O)c1ccc(Nc2nc(O)nc(NCCCCCCCCN)n2)cc1. The maximum Gasteiger partial charge on any atom is 0.337 e. The van der Waals surface area contributed by atoms with Crippen molar-refractivity contribution in [2.24, 2.45) is 5.73 Å². The minimum Gasteiger partial charge on any atom is -0.479 e. The molecule has 0 saturated heterocycles. The van der Waals surface area contributed by atoms with Crippen molar-refractivity contribution in [3.63, 3.8) is 0 Å². The van der Waals surface area contributed by atoms with Crippen LogP contribution in [0.4, 0.5) is 17.6 Å². The fourth-order valence-corrected chi connectivity index (χ4v) is 2.61. The van der Waals surface area contributed by atoms with E-state index in [1.807, 2.05) is 0 Å². The van der Waals surface area contributed by atoms with Gasteiger partial charge in [-0.15, -0.1) is 0 Å². The van der Waals surface area contributed by atoms with Crippen LogP contribution in [-0.2, 0) is 4.74 Å². The molecule has 1 aromatic carbocycles. The van der Waals surface area contributed by atoms with E-state index in [1.165, 1.54) is 26.4 Å². The van der Waals surface area contributed by atoms with Gasteiger partial charge in [0, 0.05) is 12.2 Å². The van der Waals surface area contributed by atoms with Crippen molar-refractivity contribution < 1.29 is 14.6 Å². The van der Waals surface area contributed by atoms with E-state index in [2.05, 4.69) is 30.3 Å². The van der Waals surface area contributed by atoms with Crippen LogP contribution in [-0.4, -0.2) is 46.2 Å². The number of aromatic hydroxyl groups is 1. The van der Waals surface area contributed by atoms with Crippen LogP contribution < -0.4 is 16.4 Å². The molecule has 0 atom stereocenters. The zero-order chi connectivity index (χ0) is 20.2. The van der Waals surface area contributed by atoms with Crippen molar-refractivity contribution in [3.05, 3.63) is 29.8 Å². The number of carbonyl (C=O) groups excluding carboxylic acids is 1. The lowest BCUT2D eigenvalue weighted by molar-refractivity contribution is 0.0601. The van der Waals surface area contributed by atoms with Gasteiger partial charge in [-0.1, -0.05) is 25.7 Å². The lowest BCUT2D eigenvalue weighted by Gasteiger charge is -2.09. The molecule has 0 unspecified atom stereocenters. The summed E-state index contributed by atoms with van der Waals surface area (Å²) >= 11 is 0. The summed E-state index contributed by atoms with van der Waals surface area (Å²) in [5.41, 5.74) is 6.59. The zero-order valence-electron chi connectivity index (χ0n) is 16.1. The normalized spacial score (nSPS) is 10.5. The molecule has 0 aliphatic heterocycles. The number of unbranched alkanes of at least 4 members (excludes halogenated alkanes) is 5. The van der Waals surface area contributed by atoms with E-state index in [1.54, 1.807) is 24.3 Å². The zero-order valence-corrected chi connectivity index (χ0v) is 16.1. The number of aromatic nitrogens is 3. The van der Waals surface area contributed by atoms with Crippen LogP contribution in [0.25, 0.3) is 0 Å². The van der Waals surface area contributed by atoms with Crippen LogP contribution in [0.5, 0.6) is 6.01 Å². The average molecular weight is 388 g/mol. The van der Waals surface area contributed by atoms with E-state index in [9.17, 15) is 9.90 Å². The van der Waals surface area contributed by atoms with Crippen LogP contribution in [0.15, 0.2) is 24.3 Å². The molecular formula is C19H28N6O3. The molecule has 0 saturated carbocycles. The fourth-order valence-electron chi connectivity index (χ4n) is 2.61. The van der Waals surface area contributed by atoms with Gasteiger partial charge in [0.05, 0.1) is 12.7 Å². The van der Waals surface area contributed by atoms with Gasteiger partial charge in [0.2, 0.25) is 11.9 Å². The molecule has 2 rings (SSSR count). The van der Waals surface area contributed by atoms with Crippen molar-refractivity contribution in [3.8, 4) is 6.01 Å². The number of nitrogens with zero attached hydrogens (tertiary/aromatic N) is 3. The number of nitrogens with two attached hydrogens (primary N) is 1. The summed E-state index contributed by atoms with van der Waals surface area (Å²) in [5, 5.41) is 15.8. The maximum atomic E-state index is 11.5. The van der Waals surface area contributed by atoms with Crippen LogP contribution >= 0.6 is 0 Å². The highest BCUT2D eigenvalue weighted by Crippen LogP contribution is 2.17. The number of hydrogen-bond acceptors (Lipinski definition) is 9. The van der Waals surface area contributed by atoms with Gasteiger partial charge in [0.15, 0.2) is 0 Å². The molecule has 1 heterocycles. The van der Waals surface area contributed by atoms with Crippen LogP contribution in [0.1, 0.15) is 48.9 Å². The lowest BCUT2D eigenvalue weighted by atomic mass is 10.1. The van der Waals surface area contributed by atoms with Gasteiger partial charge < -0.3 is 26.2 Å². The minimum absolute atomic E-state index is 0.211. The number of esters is 1. The number of anilines is 3. The van der Waals surface area contributed by atoms with E-state index >= 15 is 0 Å². The summed E-state index contributed by atoms with van der Waals surface area (Å²) in [6.45, 7) is 1.48. The number of ether oxygens (including phenoxy) is 1. The highest BCUT2D eigenvalue weighted by atomic mass is 16.5. The van der Waals surface area contributed by atoms with Crippen LogP contribution in [0.3, 0.4) is 0 Å². The van der Waals surface area contributed by atoms with E-state index in [4.69, 9.17) is 5.73 Å². The Hall–Kier alpha value is -2.94. The van der Waals surface area contributed by atoms with Crippen molar-refractivity contribution in [1.82, 2.24) is 15.0 Å². The van der Waals surface area contributed by atoms with Gasteiger partial charge in [0.1, 0.15) is 0 Å². The average Bonchev–Trinajstić information content (AvgIpc) is 2.69. The number of hydrogen-bond donors (Lipinski definition) is 4.